The zero-order valence-electron chi connectivity index (χ0n) is 11.1. The third-order valence-electron chi connectivity index (χ3n) is 2.64. The van der Waals surface area contributed by atoms with Gasteiger partial charge in [-0.2, -0.15) is 0 Å². The van der Waals surface area contributed by atoms with Crippen molar-refractivity contribution in [2.75, 3.05) is 17.7 Å². The molecule has 0 aliphatic carbocycles. The Balaban J connectivity index is 2.03. The van der Waals surface area contributed by atoms with Crippen LogP contribution < -0.4 is 10.1 Å². The number of thioether (sulfide) groups is 1. The molecule has 98 valence electrons. The fourth-order valence-electron chi connectivity index (χ4n) is 1.64. The van der Waals surface area contributed by atoms with Crippen molar-refractivity contribution in [3.63, 3.8) is 0 Å². The summed E-state index contributed by atoms with van der Waals surface area (Å²) in [7, 11) is 0. The van der Waals surface area contributed by atoms with Crippen LogP contribution in [0.4, 0.5) is 5.69 Å². The number of rotatable bonds is 3. The molecule has 0 spiro atoms. The van der Waals surface area contributed by atoms with E-state index in [4.69, 9.17) is 4.74 Å². The van der Waals surface area contributed by atoms with Gasteiger partial charge in [0.1, 0.15) is 0 Å². The molecule has 1 aliphatic rings. The van der Waals surface area contributed by atoms with E-state index in [0.717, 1.165) is 23.0 Å². The van der Waals surface area contributed by atoms with E-state index < -0.39 is 0 Å². The minimum atomic E-state index is 0.0340. The predicted octanol–water partition coefficient (Wildman–Crippen LogP) is 3.16. The molecule has 1 aromatic rings. The van der Waals surface area contributed by atoms with Crippen molar-refractivity contribution in [1.82, 2.24) is 4.98 Å². The van der Waals surface area contributed by atoms with E-state index in [1.165, 1.54) is 0 Å². The van der Waals surface area contributed by atoms with Crippen LogP contribution in [-0.2, 0) is 0 Å². The number of hydrogen-bond acceptors (Lipinski definition) is 5. The maximum Gasteiger partial charge on any atom is 0.213 e. The van der Waals surface area contributed by atoms with Crippen LogP contribution in [0, 0.1) is 0 Å². The van der Waals surface area contributed by atoms with Gasteiger partial charge in [0.25, 0.3) is 0 Å². The molecule has 0 fully saturated rings. The molecule has 1 N–H and O–H groups in total. The molecule has 0 bridgehead atoms. The quantitative estimate of drug-likeness (QED) is 0.912. The fraction of sp³-hybridized carbons (Fsp3) is 0.538. The molecule has 0 aromatic carbocycles. The van der Waals surface area contributed by atoms with Crippen LogP contribution in [0.15, 0.2) is 23.3 Å². The molecule has 2 heterocycles. The van der Waals surface area contributed by atoms with Crippen LogP contribution in [0.25, 0.3) is 0 Å². The van der Waals surface area contributed by atoms with Gasteiger partial charge in [0.15, 0.2) is 5.17 Å². The van der Waals surface area contributed by atoms with Crippen molar-refractivity contribution in [2.45, 2.75) is 32.7 Å². The number of ether oxygens (including phenoxy) is 1. The number of aromatic nitrogens is 1. The van der Waals surface area contributed by atoms with Crippen LogP contribution in [0.1, 0.15) is 27.2 Å². The monoisotopic (exact) mass is 265 g/mol. The number of pyridine rings is 1. The van der Waals surface area contributed by atoms with Gasteiger partial charge in [0.2, 0.25) is 5.88 Å². The first-order valence-corrected chi connectivity index (χ1v) is 7.16. The van der Waals surface area contributed by atoms with Crippen molar-refractivity contribution in [3.8, 4) is 5.88 Å². The number of anilines is 1. The Labute approximate surface area is 112 Å². The molecule has 5 heteroatoms. The molecule has 18 heavy (non-hydrogen) atoms. The number of aliphatic imine (C=N–C) groups is 1. The van der Waals surface area contributed by atoms with E-state index in [9.17, 15) is 0 Å². The highest BCUT2D eigenvalue weighted by Crippen LogP contribution is 2.26. The van der Waals surface area contributed by atoms with Gasteiger partial charge >= 0.3 is 0 Å². The number of amidine groups is 1. The molecular formula is C13H19N3OS. The Hall–Kier alpha value is -1.23. The molecule has 4 nitrogen and oxygen atoms in total. The summed E-state index contributed by atoms with van der Waals surface area (Å²) in [6.07, 6.45) is 2.89. The molecule has 1 aliphatic heterocycles. The lowest BCUT2D eigenvalue weighted by Crippen LogP contribution is -2.27. The Morgan fingerprint density at radius 2 is 2.28 bits per heavy atom. The topological polar surface area (TPSA) is 46.5 Å². The molecule has 0 saturated heterocycles. The van der Waals surface area contributed by atoms with Crippen molar-refractivity contribution in [2.24, 2.45) is 4.99 Å². The minimum Gasteiger partial charge on any atom is -0.478 e. The summed E-state index contributed by atoms with van der Waals surface area (Å²) in [6, 6.07) is 3.83. The third kappa shape index (κ3) is 3.63. The first-order valence-electron chi connectivity index (χ1n) is 6.17. The highest BCUT2D eigenvalue weighted by atomic mass is 32.2. The Morgan fingerprint density at radius 3 is 2.89 bits per heavy atom. The summed E-state index contributed by atoms with van der Waals surface area (Å²) in [5.41, 5.74) is 0.981. The second-order valence-corrected chi connectivity index (χ2v) is 5.85. The molecule has 0 radical (unpaired) electrons. The standard InChI is InChI=1S/C13H19N3OS/c1-4-17-11-6-5-10(9-14-11)15-12-16-13(2,3)7-8-18-12/h5-6,9H,4,7-8H2,1-3H3,(H,15,16). The Morgan fingerprint density at radius 1 is 1.44 bits per heavy atom. The van der Waals surface area contributed by atoms with Crippen molar-refractivity contribution >= 4 is 22.6 Å². The van der Waals surface area contributed by atoms with Crippen LogP contribution in [0.2, 0.25) is 0 Å². The van der Waals surface area contributed by atoms with Gasteiger partial charge in [-0.3, -0.25) is 4.99 Å². The maximum atomic E-state index is 5.31. The Kier molecular flexibility index (Phi) is 4.11. The lowest BCUT2D eigenvalue weighted by atomic mass is 10.0. The maximum absolute atomic E-state index is 5.31. The number of nitrogens with one attached hydrogen (secondary N) is 1. The third-order valence-corrected chi connectivity index (χ3v) is 3.51. The molecule has 0 atom stereocenters. The van der Waals surface area contributed by atoms with Crippen molar-refractivity contribution in [3.05, 3.63) is 18.3 Å². The van der Waals surface area contributed by atoms with Gasteiger partial charge in [-0.25, -0.2) is 4.98 Å². The van der Waals surface area contributed by atoms with Gasteiger partial charge in [-0.15, -0.1) is 0 Å². The lowest BCUT2D eigenvalue weighted by molar-refractivity contribution is 0.327. The number of nitrogens with zero attached hydrogens (tertiary/aromatic N) is 2. The normalized spacial score (nSPS) is 18.1. The Bertz CT molecular complexity index is 428. The average Bonchev–Trinajstić information content (AvgIpc) is 2.31. The molecule has 0 saturated carbocycles. The van der Waals surface area contributed by atoms with Crippen LogP contribution in [-0.4, -0.2) is 28.1 Å². The minimum absolute atomic E-state index is 0.0340. The largest absolute Gasteiger partial charge is 0.478 e. The van der Waals surface area contributed by atoms with Crippen LogP contribution in [0.5, 0.6) is 5.88 Å². The van der Waals surface area contributed by atoms with Gasteiger partial charge < -0.3 is 10.1 Å². The molecule has 2 rings (SSSR count). The molecule has 0 amide bonds. The van der Waals surface area contributed by atoms with Gasteiger partial charge in [-0.1, -0.05) is 11.8 Å². The molecular weight excluding hydrogens is 246 g/mol. The van der Waals surface area contributed by atoms with E-state index in [0.29, 0.717) is 12.5 Å². The second kappa shape index (κ2) is 5.61. The summed E-state index contributed by atoms with van der Waals surface area (Å²) in [6.45, 7) is 6.90. The zero-order valence-corrected chi connectivity index (χ0v) is 11.9. The first kappa shape index (κ1) is 13.2. The van der Waals surface area contributed by atoms with E-state index >= 15 is 0 Å². The summed E-state index contributed by atoms with van der Waals surface area (Å²) in [5, 5.41) is 4.27. The summed E-state index contributed by atoms with van der Waals surface area (Å²) in [5.74, 6) is 1.75. The first-order chi connectivity index (χ1) is 8.59. The average molecular weight is 265 g/mol. The van der Waals surface area contributed by atoms with Crippen LogP contribution >= 0.6 is 11.8 Å². The van der Waals surface area contributed by atoms with E-state index in [1.807, 2.05) is 19.1 Å². The van der Waals surface area contributed by atoms with Gasteiger partial charge in [0.05, 0.1) is 24.0 Å². The van der Waals surface area contributed by atoms with E-state index in [-0.39, 0.29) is 5.54 Å². The second-order valence-electron chi connectivity index (χ2n) is 4.77. The summed E-state index contributed by atoms with van der Waals surface area (Å²) in [4.78, 5) is 8.90. The fourth-order valence-corrected chi connectivity index (χ4v) is 2.93. The number of hydrogen-bond donors (Lipinski definition) is 1. The van der Waals surface area contributed by atoms with E-state index in [2.05, 4.69) is 29.1 Å². The van der Waals surface area contributed by atoms with Crippen LogP contribution in [0.3, 0.4) is 0 Å². The highest BCUT2D eigenvalue weighted by Gasteiger charge is 2.22. The van der Waals surface area contributed by atoms with Crippen molar-refractivity contribution < 1.29 is 4.74 Å². The predicted molar refractivity (Wildman–Crippen MR) is 77.6 cm³/mol. The summed E-state index contributed by atoms with van der Waals surface area (Å²) < 4.78 is 5.31. The summed E-state index contributed by atoms with van der Waals surface area (Å²) >= 11 is 1.75. The SMILES string of the molecule is CCOc1ccc(NC2=NC(C)(C)CCS2)cn1. The molecule has 1 aromatic heterocycles. The van der Waals surface area contributed by atoms with Gasteiger partial charge in [-0.05, 0) is 33.3 Å². The highest BCUT2D eigenvalue weighted by molar-refractivity contribution is 8.14. The molecule has 0 unspecified atom stereocenters. The lowest BCUT2D eigenvalue weighted by Gasteiger charge is -2.26. The van der Waals surface area contributed by atoms with Gasteiger partial charge in [0, 0.05) is 11.8 Å². The smallest absolute Gasteiger partial charge is 0.213 e. The van der Waals surface area contributed by atoms with Crippen molar-refractivity contribution in [1.29, 1.82) is 0 Å². The zero-order chi connectivity index (χ0) is 13.0. The van der Waals surface area contributed by atoms with E-state index in [1.54, 1.807) is 18.0 Å².